The van der Waals surface area contributed by atoms with Gasteiger partial charge in [0.1, 0.15) is 0 Å². The van der Waals surface area contributed by atoms with E-state index in [9.17, 15) is 0 Å². The molecule has 0 saturated carbocycles. The highest BCUT2D eigenvalue weighted by Crippen LogP contribution is 2.30. The third kappa shape index (κ3) is 2.30. The Morgan fingerprint density at radius 2 is 1.23 bits per heavy atom. The normalized spacial score (nSPS) is 13.8. The minimum absolute atomic E-state index is 1.08. The van der Waals surface area contributed by atoms with Gasteiger partial charge in [0.15, 0.2) is 0 Å². The Kier molecular flexibility index (Phi) is 3.02. The maximum Gasteiger partial charge on any atom is 0.0776 e. The Hall–Kier alpha value is -1.86. The molecule has 3 aromatic carbocycles. The van der Waals surface area contributed by atoms with Crippen molar-refractivity contribution in [3.63, 3.8) is 0 Å². The summed E-state index contributed by atoms with van der Waals surface area (Å²) in [5.74, 6) is 0. The molecule has 0 radical (unpaired) electrons. The minimum Gasteiger partial charge on any atom is -0.0656 e. The van der Waals surface area contributed by atoms with Gasteiger partial charge < -0.3 is 0 Å². The topological polar surface area (TPSA) is 0 Å². The summed E-state index contributed by atoms with van der Waals surface area (Å²) in [5, 5.41) is 4.36. The maximum absolute atomic E-state index is 2.43. The molecule has 0 saturated heterocycles. The molecule has 3 aromatic rings. The maximum atomic E-state index is 2.43. The van der Waals surface area contributed by atoms with Crippen LogP contribution in [0.2, 0.25) is 19.6 Å². The molecule has 0 aromatic heterocycles. The summed E-state index contributed by atoms with van der Waals surface area (Å²) in [5.41, 5.74) is 6.01. The zero-order valence-corrected chi connectivity index (χ0v) is 14.6. The average molecular weight is 302 g/mol. The Balaban J connectivity index is 1.85. The molecule has 1 heteroatoms. The van der Waals surface area contributed by atoms with Gasteiger partial charge in [0, 0.05) is 0 Å². The molecule has 22 heavy (non-hydrogen) atoms. The molecule has 0 bridgehead atoms. The lowest BCUT2D eigenvalue weighted by Crippen LogP contribution is -2.37. The predicted molar refractivity (Wildman–Crippen MR) is 99.0 cm³/mol. The van der Waals surface area contributed by atoms with Crippen molar-refractivity contribution in [3.8, 4) is 0 Å². The van der Waals surface area contributed by atoms with Crippen molar-refractivity contribution >= 4 is 24.0 Å². The minimum atomic E-state index is -1.24. The monoisotopic (exact) mass is 302 g/mol. The smallest absolute Gasteiger partial charge is 0.0656 e. The van der Waals surface area contributed by atoms with E-state index >= 15 is 0 Å². The molecule has 0 aliphatic heterocycles. The van der Waals surface area contributed by atoms with Crippen LogP contribution in [0.3, 0.4) is 0 Å². The highest BCUT2D eigenvalue weighted by Gasteiger charge is 2.18. The Morgan fingerprint density at radius 3 is 1.82 bits per heavy atom. The van der Waals surface area contributed by atoms with Gasteiger partial charge in [0.2, 0.25) is 0 Å². The number of hydrogen-bond acceptors (Lipinski definition) is 0. The van der Waals surface area contributed by atoms with Crippen LogP contribution in [-0.4, -0.2) is 8.07 Å². The van der Waals surface area contributed by atoms with Crippen LogP contribution >= 0.6 is 0 Å². The van der Waals surface area contributed by atoms with Crippen LogP contribution in [0.1, 0.15) is 22.3 Å². The molecule has 0 spiro atoms. The van der Waals surface area contributed by atoms with Crippen molar-refractivity contribution < 1.29 is 0 Å². The molecule has 0 N–H and O–H groups in total. The first kappa shape index (κ1) is 13.8. The summed E-state index contributed by atoms with van der Waals surface area (Å²) >= 11 is 0. The summed E-state index contributed by atoms with van der Waals surface area (Å²) in [6, 6.07) is 20.8. The quantitative estimate of drug-likeness (QED) is 0.440. The van der Waals surface area contributed by atoms with Crippen LogP contribution in [0.5, 0.6) is 0 Å². The summed E-state index contributed by atoms with van der Waals surface area (Å²) in [4.78, 5) is 0. The first-order chi connectivity index (χ1) is 10.5. The molecule has 0 fully saturated rings. The molecule has 1 aliphatic carbocycles. The third-order valence-corrected chi connectivity index (χ3v) is 6.95. The van der Waals surface area contributed by atoms with Crippen molar-refractivity contribution in [2.24, 2.45) is 0 Å². The largest absolute Gasteiger partial charge is 0.0776 e. The van der Waals surface area contributed by atoms with Gasteiger partial charge >= 0.3 is 0 Å². The fourth-order valence-corrected chi connectivity index (χ4v) is 4.67. The van der Waals surface area contributed by atoms with Crippen LogP contribution in [0, 0.1) is 0 Å². The predicted octanol–water partition coefficient (Wildman–Crippen LogP) is 4.88. The number of hydrogen-bond donors (Lipinski definition) is 0. The zero-order chi connectivity index (χ0) is 15.3. The third-order valence-electron chi connectivity index (χ3n) is 4.90. The summed E-state index contributed by atoms with van der Waals surface area (Å²) in [6.07, 6.45) is 2.16. The van der Waals surface area contributed by atoms with Gasteiger partial charge in [-0.2, -0.15) is 0 Å². The lowest BCUT2D eigenvalue weighted by molar-refractivity contribution is 1.01. The molecule has 0 unspecified atom stereocenters. The van der Waals surface area contributed by atoms with E-state index in [0.717, 1.165) is 12.8 Å². The zero-order valence-electron chi connectivity index (χ0n) is 13.6. The summed E-state index contributed by atoms with van der Waals surface area (Å²) in [7, 11) is -1.24. The molecule has 110 valence electrons. The lowest BCUT2D eigenvalue weighted by atomic mass is 9.85. The number of fused-ring (bicyclic) bond motifs is 3. The fourth-order valence-electron chi connectivity index (χ4n) is 3.50. The van der Waals surface area contributed by atoms with Crippen molar-refractivity contribution in [1.29, 1.82) is 0 Å². The van der Waals surface area contributed by atoms with Gasteiger partial charge in [0.05, 0.1) is 8.07 Å². The molecule has 1 aliphatic rings. The standard InChI is InChI=1S/C21H22Si/c1-22(2,3)21-9-8-17-12-18-10-15-6-4-5-7-16(15)11-19(18)13-20(17)14-21/h4-9,12-14H,10-11H2,1-3H3. The SMILES string of the molecule is C[Si](C)(C)c1ccc2cc3c(cc2c1)Cc1ccccc1C3. The van der Waals surface area contributed by atoms with E-state index in [4.69, 9.17) is 0 Å². The van der Waals surface area contributed by atoms with Crippen molar-refractivity contribution in [2.75, 3.05) is 0 Å². The van der Waals surface area contributed by atoms with E-state index in [1.165, 1.54) is 33.0 Å². The molecular weight excluding hydrogens is 280 g/mol. The van der Waals surface area contributed by atoms with E-state index in [0.29, 0.717) is 0 Å². The van der Waals surface area contributed by atoms with Crippen LogP contribution in [0.4, 0.5) is 0 Å². The van der Waals surface area contributed by atoms with Gasteiger partial charge in [0.25, 0.3) is 0 Å². The summed E-state index contributed by atoms with van der Waals surface area (Å²) in [6.45, 7) is 7.26. The molecule has 0 amide bonds. The van der Waals surface area contributed by atoms with E-state index in [2.05, 4.69) is 74.2 Å². The van der Waals surface area contributed by atoms with Gasteiger partial charge in [-0.1, -0.05) is 79.4 Å². The molecule has 4 rings (SSSR count). The molecule has 0 atom stereocenters. The first-order valence-corrected chi connectivity index (χ1v) is 11.6. The summed E-state index contributed by atoms with van der Waals surface area (Å²) < 4.78 is 0. The van der Waals surface area contributed by atoms with Gasteiger partial charge in [-0.15, -0.1) is 0 Å². The second-order valence-electron chi connectivity index (χ2n) is 7.56. The van der Waals surface area contributed by atoms with Gasteiger partial charge in [-0.25, -0.2) is 0 Å². The average Bonchev–Trinajstić information content (AvgIpc) is 2.49. The molecule has 0 heterocycles. The second-order valence-corrected chi connectivity index (χ2v) is 12.6. The highest BCUT2D eigenvalue weighted by molar-refractivity contribution is 6.88. The van der Waals surface area contributed by atoms with Gasteiger partial charge in [-0.3, -0.25) is 0 Å². The molecular formula is C21H22Si. The van der Waals surface area contributed by atoms with E-state index in [1.807, 2.05) is 0 Å². The number of benzene rings is 3. The van der Waals surface area contributed by atoms with Crippen molar-refractivity contribution in [1.82, 2.24) is 0 Å². The molecule has 0 nitrogen and oxygen atoms in total. The van der Waals surface area contributed by atoms with Crippen LogP contribution in [0.15, 0.2) is 54.6 Å². The van der Waals surface area contributed by atoms with Crippen LogP contribution in [-0.2, 0) is 12.8 Å². The lowest BCUT2D eigenvalue weighted by Gasteiger charge is -2.22. The van der Waals surface area contributed by atoms with Crippen molar-refractivity contribution in [2.45, 2.75) is 32.5 Å². The second kappa shape index (κ2) is 4.82. The Morgan fingerprint density at radius 1 is 0.636 bits per heavy atom. The van der Waals surface area contributed by atoms with Crippen molar-refractivity contribution in [3.05, 3.63) is 76.9 Å². The number of rotatable bonds is 1. The first-order valence-electron chi connectivity index (χ1n) is 8.13. The van der Waals surface area contributed by atoms with E-state index in [1.54, 1.807) is 5.19 Å². The van der Waals surface area contributed by atoms with E-state index < -0.39 is 8.07 Å². The fraction of sp³-hybridized carbons (Fsp3) is 0.238. The Labute approximate surface area is 133 Å². The van der Waals surface area contributed by atoms with E-state index in [-0.39, 0.29) is 0 Å². The van der Waals surface area contributed by atoms with Crippen LogP contribution < -0.4 is 5.19 Å². The van der Waals surface area contributed by atoms with Crippen LogP contribution in [0.25, 0.3) is 10.8 Å². The highest BCUT2D eigenvalue weighted by atomic mass is 28.3. The Bertz CT molecular complexity index is 869. The van der Waals surface area contributed by atoms with Gasteiger partial charge in [-0.05, 0) is 45.9 Å².